The van der Waals surface area contributed by atoms with Gasteiger partial charge in [0.2, 0.25) is 5.84 Å². The summed E-state index contributed by atoms with van der Waals surface area (Å²) in [5.74, 6) is 1.06. The van der Waals surface area contributed by atoms with Crippen LogP contribution in [0.5, 0.6) is 0 Å². The van der Waals surface area contributed by atoms with Gasteiger partial charge in [-0.1, -0.05) is 62.4 Å². The average molecular weight is 434 g/mol. The number of hydrogen-bond donors (Lipinski definition) is 1. The minimum absolute atomic E-state index is 0.0187. The van der Waals surface area contributed by atoms with E-state index < -0.39 is 0 Å². The third-order valence-corrected chi connectivity index (χ3v) is 7.73. The lowest BCUT2D eigenvalue weighted by Gasteiger charge is -2.22. The largest absolute Gasteiger partial charge is 0.243 e. The zero-order valence-corrected chi connectivity index (χ0v) is 19.3. The molecule has 32 heavy (non-hydrogen) atoms. The second kappa shape index (κ2) is 7.13. The first-order chi connectivity index (χ1) is 15.5. The Morgan fingerprint density at radius 1 is 0.781 bits per heavy atom. The van der Waals surface area contributed by atoms with Crippen LogP contribution in [0.3, 0.4) is 0 Å². The summed E-state index contributed by atoms with van der Waals surface area (Å²) in [5, 5.41) is 0. The number of benzene rings is 3. The second-order valence-electron chi connectivity index (χ2n) is 9.11. The van der Waals surface area contributed by atoms with Crippen molar-refractivity contribution in [3.8, 4) is 11.1 Å². The van der Waals surface area contributed by atoms with Crippen molar-refractivity contribution < 1.29 is 4.90 Å². The lowest BCUT2D eigenvalue weighted by atomic mass is 9.82. The molecular weight excluding hydrogens is 408 g/mol. The van der Waals surface area contributed by atoms with Crippen molar-refractivity contribution in [3.05, 3.63) is 118 Å². The third-order valence-electron chi connectivity index (χ3n) is 6.70. The van der Waals surface area contributed by atoms with Gasteiger partial charge in [-0.2, -0.15) is 4.99 Å². The van der Waals surface area contributed by atoms with Crippen molar-refractivity contribution >= 4 is 28.6 Å². The normalized spacial score (nSPS) is 18.2. The lowest BCUT2D eigenvalue weighted by molar-refractivity contribution is -0.662. The highest BCUT2D eigenvalue weighted by molar-refractivity contribution is 7.13. The molecule has 156 valence electrons. The molecule has 4 aromatic rings. The number of aryl methyl sites for hydroxylation is 1. The fourth-order valence-electron chi connectivity index (χ4n) is 5.03. The van der Waals surface area contributed by atoms with E-state index in [1.807, 2.05) is 0 Å². The fourth-order valence-corrected chi connectivity index (χ4v) is 5.85. The smallest absolute Gasteiger partial charge is 0.225 e. The van der Waals surface area contributed by atoms with Gasteiger partial charge >= 0.3 is 0 Å². The summed E-state index contributed by atoms with van der Waals surface area (Å²) in [6.45, 7) is 6.81. The fraction of sp³-hybridized carbons (Fsp3) is 0.138. The van der Waals surface area contributed by atoms with Crippen LogP contribution in [0.25, 0.3) is 16.8 Å². The topological polar surface area (TPSA) is 16.8 Å². The van der Waals surface area contributed by atoms with Crippen LogP contribution in [0.2, 0.25) is 0 Å². The van der Waals surface area contributed by atoms with E-state index in [0.29, 0.717) is 0 Å². The second-order valence-corrected chi connectivity index (χ2v) is 10.4. The molecule has 0 fully saturated rings. The first-order valence-electron chi connectivity index (χ1n) is 11.1. The van der Waals surface area contributed by atoms with Crippen LogP contribution < -0.4 is 4.90 Å². The molecule has 6 rings (SSSR count). The van der Waals surface area contributed by atoms with Gasteiger partial charge in [0, 0.05) is 10.3 Å². The number of rotatable bonds is 3. The van der Waals surface area contributed by atoms with Gasteiger partial charge in [-0.15, -0.1) is 11.3 Å². The summed E-state index contributed by atoms with van der Waals surface area (Å²) in [5.41, 5.74) is 8.91. The predicted molar refractivity (Wildman–Crippen MR) is 135 cm³/mol. The van der Waals surface area contributed by atoms with Crippen LogP contribution in [-0.2, 0) is 5.41 Å². The molecule has 2 nitrogen and oxygen atoms in total. The first kappa shape index (κ1) is 19.4. The minimum atomic E-state index is -0.0187. The summed E-state index contributed by atoms with van der Waals surface area (Å²) >= 11 is 1.80. The van der Waals surface area contributed by atoms with Crippen LogP contribution in [0.4, 0.5) is 5.69 Å². The Balaban J connectivity index is 1.49. The van der Waals surface area contributed by atoms with Gasteiger partial charge in [-0.3, -0.25) is 0 Å². The van der Waals surface area contributed by atoms with Crippen molar-refractivity contribution in [1.29, 1.82) is 0 Å². The summed E-state index contributed by atoms with van der Waals surface area (Å²) in [6, 6.07) is 30.7. The molecular formula is C29H25N2S+. The van der Waals surface area contributed by atoms with Crippen LogP contribution >= 0.6 is 11.3 Å². The van der Waals surface area contributed by atoms with E-state index in [-0.39, 0.29) is 5.41 Å². The molecule has 0 spiro atoms. The van der Waals surface area contributed by atoms with Crippen molar-refractivity contribution in [2.24, 2.45) is 4.99 Å². The Bertz CT molecular complexity index is 1410. The van der Waals surface area contributed by atoms with Gasteiger partial charge in [0.1, 0.15) is 17.6 Å². The molecule has 1 aliphatic heterocycles. The maximum absolute atomic E-state index is 5.17. The Morgan fingerprint density at radius 2 is 1.53 bits per heavy atom. The van der Waals surface area contributed by atoms with E-state index in [1.54, 1.807) is 11.3 Å². The zero-order valence-electron chi connectivity index (χ0n) is 18.5. The van der Waals surface area contributed by atoms with E-state index in [2.05, 4.69) is 112 Å². The van der Waals surface area contributed by atoms with Crippen LogP contribution in [0, 0.1) is 6.92 Å². The number of nitrogens with one attached hydrogen (secondary N) is 1. The van der Waals surface area contributed by atoms with E-state index in [0.717, 1.165) is 11.5 Å². The number of para-hydroxylation sites is 1. The van der Waals surface area contributed by atoms with Crippen LogP contribution in [0.15, 0.2) is 96.1 Å². The molecule has 2 aliphatic rings. The number of nitrogens with zero attached hydrogens (tertiary/aromatic N) is 1. The minimum Gasteiger partial charge on any atom is -0.225 e. The average Bonchev–Trinajstić information content (AvgIpc) is 3.50. The molecule has 1 aliphatic carbocycles. The van der Waals surface area contributed by atoms with E-state index in [9.17, 15) is 0 Å². The molecule has 2 heterocycles. The number of amidine groups is 1. The summed E-state index contributed by atoms with van der Waals surface area (Å²) < 4.78 is 0. The van der Waals surface area contributed by atoms with Gasteiger partial charge in [-0.25, -0.2) is 4.90 Å². The molecule has 0 bridgehead atoms. The van der Waals surface area contributed by atoms with Crippen molar-refractivity contribution in [2.45, 2.75) is 26.2 Å². The van der Waals surface area contributed by atoms with E-state index >= 15 is 0 Å². The molecule has 0 amide bonds. The van der Waals surface area contributed by atoms with Gasteiger partial charge in [0.15, 0.2) is 0 Å². The molecule has 0 radical (unpaired) electrons. The van der Waals surface area contributed by atoms with Gasteiger partial charge in [-0.05, 0) is 65.6 Å². The molecule has 0 saturated carbocycles. The highest BCUT2D eigenvalue weighted by Gasteiger charge is 2.37. The quantitative estimate of drug-likeness (QED) is 0.388. The molecule has 3 heteroatoms. The molecule has 1 N–H and O–H groups in total. The predicted octanol–water partition coefficient (Wildman–Crippen LogP) is 6.34. The highest BCUT2D eigenvalue weighted by Crippen LogP contribution is 2.48. The maximum atomic E-state index is 5.17. The number of aliphatic imine (C=N–C) groups is 1. The van der Waals surface area contributed by atoms with Gasteiger partial charge < -0.3 is 0 Å². The SMILES string of the molecule is Cc1ccc(C2=C[NH+](c3ccccc3)C(c3ccc4c(c3)C(C)(C)c3ccccc3-4)=N2)s1. The van der Waals surface area contributed by atoms with Crippen molar-refractivity contribution in [3.63, 3.8) is 0 Å². The number of hydrogen-bond acceptors (Lipinski definition) is 2. The maximum Gasteiger partial charge on any atom is 0.243 e. The van der Waals surface area contributed by atoms with Crippen molar-refractivity contribution in [2.75, 3.05) is 0 Å². The molecule has 1 aromatic heterocycles. The standard InChI is InChI=1S/C29H24N2S/c1-19-13-16-27(32-19)26-18-31(21-9-5-4-6-10-21)28(30-26)20-14-15-23-22-11-7-8-12-24(22)29(2,3)25(23)17-20/h4-18H,1-3H3/p+1. The Kier molecular flexibility index (Phi) is 4.32. The lowest BCUT2D eigenvalue weighted by Crippen LogP contribution is -3.04. The number of quaternary nitrogens is 1. The summed E-state index contributed by atoms with van der Waals surface area (Å²) in [4.78, 5) is 8.90. The molecule has 1 atom stereocenters. The highest BCUT2D eigenvalue weighted by atomic mass is 32.1. The summed E-state index contributed by atoms with van der Waals surface area (Å²) in [6.07, 6.45) is 2.25. The zero-order chi connectivity index (χ0) is 21.9. The number of fused-ring (bicyclic) bond motifs is 3. The van der Waals surface area contributed by atoms with E-state index in [4.69, 9.17) is 4.99 Å². The molecule has 0 saturated heterocycles. The van der Waals surface area contributed by atoms with Crippen LogP contribution in [-0.4, -0.2) is 5.84 Å². The van der Waals surface area contributed by atoms with Gasteiger partial charge in [0.05, 0.1) is 10.4 Å². The number of thiophene rings is 1. The van der Waals surface area contributed by atoms with E-state index in [1.165, 1.54) is 48.2 Å². The third kappa shape index (κ3) is 2.93. The first-order valence-corrected chi connectivity index (χ1v) is 11.9. The van der Waals surface area contributed by atoms with Crippen LogP contribution in [0.1, 0.15) is 40.3 Å². The Morgan fingerprint density at radius 3 is 2.31 bits per heavy atom. The van der Waals surface area contributed by atoms with Gasteiger partial charge in [0.25, 0.3) is 0 Å². The summed E-state index contributed by atoms with van der Waals surface area (Å²) in [7, 11) is 0. The Hall–Kier alpha value is -3.27. The molecule has 3 aromatic carbocycles. The Labute approximate surface area is 193 Å². The monoisotopic (exact) mass is 433 g/mol. The molecule has 1 unspecified atom stereocenters. The van der Waals surface area contributed by atoms with Crippen molar-refractivity contribution in [1.82, 2.24) is 0 Å².